The largest absolute Gasteiger partial charge is 0.572 e. The summed E-state index contributed by atoms with van der Waals surface area (Å²) in [6.07, 6.45) is 0. The van der Waals surface area contributed by atoms with E-state index < -0.39 is 10.0 Å². The van der Waals surface area contributed by atoms with Crippen molar-refractivity contribution in [2.75, 3.05) is 0 Å². The van der Waals surface area contributed by atoms with Gasteiger partial charge in [-0.1, -0.05) is 47.0 Å². The molecule has 19 heavy (non-hydrogen) atoms. The van der Waals surface area contributed by atoms with E-state index in [9.17, 15) is 8.42 Å². The van der Waals surface area contributed by atoms with E-state index in [1.165, 1.54) is 30.3 Å². The van der Waals surface area contributed by atoms with Crippen molar-refractivity contribution in [3.05, 3.63) is 62.8 Å². The first-order valence-corrected chi connectivity index (χ1v) is 7.58. The van der Waals surface area contributed by atoms with Gasteiger partial charge in [0, 0.05) is 10.0 Å². The highest BCUT2D eigenvalue weighted by molar-refractivity contribution is 7.94. The maximum absolute atomic E-state index is 12.1. The van der Waals surface area contributed by atoms with Crippen LogP contribution in [0.3, 0.4) is 0 Å². The Morgan fingerprint density at radius 1 is 1.00 bits per heavy atom. The SMILES string of the molecule is Cc1ccc(S(=O)(=O)[N-]c2ccc(Cl)cc2Cl)cc1. The van der Waals surface area contributed by atoms with Crippen molar-refractivity contribution in [2.24, 2.45) is 0 Å². The molecule has 0 bridgehead atoms. The lowest BCUT2D eigenvalue weighted by atomic mass is 10.2. The first kappa shape index (κ1) is 14.2. The summed E-state index contributed by atoms with van der Waals surface area (Å²) in [4.78, 5) is 0.129. The zero-order valence-corrected chi connectivity index (χ0v) is 12.3. The normalized spacial score (nSPS) is 11.3. The summed E-state index contributed by atoms with van der Waals surface area (Å²) < 4.78 is 27.9. The highest BCUT2D eigenvalue weighted by Gasteiger charge is 2.05. The van der Waals surface area contributed by atoms with Crippen molar-refractivity contribution < 1.29 is 8.42 Å². The van der Waals surface area contributed by atoms with E-state index in [0.29, 0.717) is 5.02 Å². The predicted molar refractivity (Wildman–Crippen MR) is 77.8 cm³/mol. The first-order valence-electron chi connectivity index (χ1n) is 5.38. The van der Waals surface area contributed by atoms with Crippen LogP contribution < -0.4 is 0 Å². The van der Waals surface area contributed by atoms with Crippen LogP contribution in [0.1, 0.15) is 5.56 Å². The third-order valence-electron chi connectivity index (χ3n) is 2.45. The van der Waals surface area contributed by atoms with Gasteiger partial charge in [0.25, 0.3) is 0 Å². The van der Waals surface area contributed by atoms with E-state index in [0.717, 1.165) is 5.56 Å². The molecule has 0 aromatic heterocycles. The van der Waals surface area contributed by atoms with Gasteiger partial charge in [-0.2, -0.15) is 0 Å². The first-order chi connectivity index (χ1) is 8.88. The summed E-state index contributed by atoms with van der Waals surface area (Å²) in [6, 6.07) is 10.9. The maximum Gasteiger partial charge on any atom is 0.123 e. The molecule has 0 radical (unpaired) electrons. The van der Waals surface area contributed by atoms with Gasteiger partial charge < -0.3 is 4.72 Å². The summed E-state index contributed by atoms with van der Waals surface area (Å²) in [6.45, 7) is 1.88. The second kappa shape index (κ2) is 5.41. The molecule has 2 aromatic carbocycles. The highest BCUT2D eigenvalue weighted by Crippen LogP contribution is 2.35. The molecular formula is C13H10Cl2NO2S-. The number of benzene rings is 2. The summed E-state index contributed by atoms with van der Waals surface area (Å²) in [7, 11) is -3.77. The van der Waals surface area contributed by atoms with Crippen molar-refractivity contribution in [2.45, 2.75) is 11.8 Å². The van der Waals surface area contributed by atoms with E-state index in [1.54, 1.807) is 12.1 Å². The lowest BCUT2D eigenvalue weighted by molar-refractivity contribution is 0.603. The molecule has 100 valence electrons. The topological polar surface area (TPSA) is 48.2 Å². The Bertz CT molecular complexity index is 697. The second-order valence-electron chi connectivity index (χ2n) is 3.98. The standard InChI is InChI=1S/C13H10Cl2NO2S/c1-9-2-5-11(6-3-9)19(17,18)16-13-7-4-10(14)8-12(13)15/h2-8H,1H3/q-1. The van der Waals surface area contributed by atoms with Crippen LogP contribution in [0.5, 0.6) is 0 Å². The number of sulfonamides is 1. The fraction of sp³-hybridized carbons (Fsp3) is 0.0769. The Balaban J connectivity index is 2.33. The monoisotopic (exact) mass is 314 g/mol. The Hall–Kier alpha value is -1.23. The van der Waals surface area contributed by atoms with Gasteiger partial charge in [-0.15, -0.1) is 5.69 Å². The molecule has 0 saturated heterocycles. The molecule has 3 nitrogen and oxygen atoms in total. The number of halogens is 2. The Morgan fingerprint density at radius 2 is 1.63 bits per heavy atom. The average molecular weight is 315 g/mol. The van der Waals surface area contributed by atoms with Gasteiger partial charge >= 0.3 is 0 Å². The van der Waals surface area contributed by atoms with Crippen molar-refractivity contribution in [1.82, 2.24) is 0 Å². The van der Waals surface area contributed by atoms with Gasteiger partial charge in [0.2, 0.25) is 0 Å². The third kappa shape index (κ3) is 3.41. The molecule has 0 atom stereocenters. The Morgan fingerprint density at radius 3 is 2.21 bits per heavy atom. The van der Waals surface area contributed by atoms with Gasteiger partial charge in [-0.25, -0.2) is 8.42 Å². The molecule has 0 N–H and O–H groups in total. The number of hydrogen-bond donors (Lipinski definition) is 0. The minimum atomic E-state index is -3.77. The molecule has 0 fully saturated rings. The number of aryl methyl sites for hydroxylation is 1. The van der Waals surface area contributed by atoms with E-state index in [-0.39, 0.29) is 15.6 Å². The Kier molecular flexibility index (Phi) is 4.04. The third-order valence-corrected chi connectivity index (χ3v) is 4.29. The summed E-state index contributed by atoms with van der Waals surface area (Å²) in [5.74, 6) is 0. The van der Waals surface area contributed by atoms with E-state index in [1.807, 2.05) is 6.92 Å². The fourth-order valence-electron chi connectivity index (χ4n) is 1.45. The molecular weight excluding hydrogens is 305 g/mol. The quantitative estimate of drug-likeness (QED) is 0.824. The van der Waals surface area contributed by atoms with Crippen LogP contribution in [0.2, 0.25) is 10.0 Å². The Labute approximate surface area is 122 Å². The molecule has 0 unspecified atom stereocenters. The van der Waals surface area contributed by atoms with Crippen LogP contribution in [-0.4, -0.2) is 8.42 Å². The van der Waals surface area contributed by atoms with Crippen LogP contribution >= 0.6 is 23.2 Å². The lowest BCUT2D eigenvalue weighted by Crippen LogP contribution is -1.97. The van der Waals surface area contributed by atoms with Crippen molar-refractivity contribution in [3.63, 3.8) is 0 Å². The van der Waals surface area contributed by atoms with Gasteiger partial charge in [-0.05, 0) is 31.2 Å². The molecule has 0 aliphatic rings. The predicted octanol–water partition coefficient (Wildman–Crippen LogP) is 4.70. The number of hydrogen-bond acceptors (Lipinski definition) is 2. The van der Waals surface area contributed by atoms with Gasteiger partial charge in [0.15, 0.2) is 0 Å². The molecule has 0 saturated carbocycles. The van der Waals surface area contributed by atoms with Crippen molar-refractivity contribution in [1.29, 1.82) is 0 Å². The van der Waals surface area contributed by atoms with Gasteiger partial charge in [0.05, 0.1) is 4.90 Å². The molecule has 0 amide bonds. The van der Waals surface area contributed by atoms with E-state index in [2.05, 4.69) is 4.72 Å². The number of nitrogens with zero attached hydrogens (tertiary/aromatic N) is 1. The molecule has 0 heterocycles. The van der Waals surface area contributed by atoms with Crippen molar-refractivity contribution in [3.8, 4) is 0 Å². The summed E-state index contributed by atoms with van der Waals surface area (Å²) >= 11 is 11.7. The zero-order chi connectivity index (χ0) is 14.0. The molecule has 0 aliphatic carbocycles. The minimum absolute atomic E-state index is 0.129. The van der Waals surface area contributed by atoms with Crippen LogP contribution in [0.25, 0.3) is 4.72 Å². The zero-order valence-electron chi connectivity index (χ0n) is 9.97. The van der Waals surface area contributed by atoms with Crippen molar-refractivity contribution >= 4 is 38.9 Å². The van der Waals surface area contributed by atoms with Gasteiger partial charge in [-0.3, -0.25) is 0 Å². The molecule has 2 rings (SSSR count). The molecule has 0 aliphatic heterocycles. The van der Waals surface area contributed by atoms with Crippen LogP contribution in [0.15, 0.2) is 47.4 Å². The highest BCUT2D eigenvalue weighted by atomic mass is 35.5. The molecule has 6 heteroatoms. The number of rotatable bonds is 3. The average Bonchev–Trinajstić information content (AvgIpc) is 2.33. The fourth-order valence-corrected chi connectivity index (χ4v) is 2.95. The maximum atomic E-state index is 12.1. The summed E-state index contributed by atoms with van der Waals surface area (Å²) in [5, 5.41) is 0.625. The van der Waals surface area contributed by atoms with Crippen LogP contribution in [-0.2, 0) is 10.0 Å². The second-order valence-corrected chi connectivity index (χ2v) is 6.42. The molecule has 0 spiro atoms. The smallest absolute Gasteiger partial charge is 0.123 e. The minimum Gasteiger partial charge on any atom is -0.572 e. The molecule has 2 aromatic rings. The lowest BCUT2D eigenvalue weighted by Gasteiger charge is -2.23. The van der Waals surface area contributed by atoms with E-state index >= 15 is 0 Å². The summed E-state index contributed by atoms with van der Waals surface area (Å²) in [5.41, 5.74) is 1.15. The van der Waals surface area contributed by atoms with E-state index in [4.69, 9.17) is 23.2 Å². The van der Waals surface area contributed by atoms with Crippen LogP contribution in [0.4, 0.5) is 5.69 Å². The van der Waals surface area contributed by atoms with Gasteiger partial charge in [0.1, 0.15) is 10.0 Å². The van der Waals surface area contributed by atoms with Crippen LogP contribution in [0, 0.1) is 6.92 Å².